The van der Waals surface area contributed by atoms with E-state index in [0.29, 0.717) is 5.02 Å². The van der Waals surface area contributed by atoms with E-state index in [9.17, 15) is 9.59 Å². The molecule has 4 rings (SSSR count). The number of carbonyl (C=O) groups is 2. The summed E-state index contributed by atoms with van der Waals surface area (Å²) in [6.45, 7) is 2.00. The van der Waals surface area contributed by atoms with Crippen molar-refractivity contribution in [3.05, 3.63) is 64.7 Å². The highest BCUT2D eigenvalue weighted by atomic mass is 35.5. The number of aryl methyl sites for hydroxylation is 1. The molecule has 0 unspecified atom stereocenters. The third-order valence-corrected chi connectivity index (χ3v) is 4.71. The number of hydrogen-bond donors (Lipinski definition) is 1. The minimum atomic E-state index is -0.806. The number of nitrogens with zero attached hydrogens (tertiary/aromatic N) is 1. The number of hydroxylamine groups is 1. The number of fused-ring (bicyclic) bond motifs is 1. The molecule has 0 radical (unpaired) electrons. The Morgan fingerprint density at radius 3 is 2.33 bits per heavy atom. The van der Waals surface area contributed by atoms with Gasteiger partial charge in [0.2, 0.25) is 5.91 Å². The number of hydrogen-bond acceptors (Lipinski definition) is 4. The molecule has 2 aliphatic heterocycles. The number of carbonyl (C=O) groups excluding carboxylic acids is 2. The minimum Gasteiger partial charge on any atom is -0.294 e. The van der Waals surface area contributed by atoms with E-state index < -0.39 is 17.9 Å². The monoisotopic (exact) mass is 342 g/mol. The van der Waals surface area contributed by atoms with Crippen molar-refractivity contribution in [1.82, 2.24) is 5.32 Å². The fraction of sp³-hybridized carbons (Fsp3) is 0.222. The Morgan fingerprint density at radius 2 is 1.67 bits per heavy atom. The lowest BCUT2D eigenvalue weighted by Crippen LogP contribution is -2.33. The number of halogens is 1. The van der Waals surface area contributed by atoms with Crippen LogP contribution in [-0.4, -0.2) is 17.9 Å². The molecule has 2 aromatic rings. The topological polar surface area (TPSA) is 58.6 Å². The van der Waals surface area contributed by atoms with E-state index in [-0.39, 0.29) is 11.9 Å². The maximum atomic E-state index is 12.3. The van der Waals surface area contributed by atoms with Crippen LogP contribution in [0.3, 0.4) is 0 Å². The summed E-state index contributed by atoms with van der Waals surface area (Å²) in [7, 11) is 0. The number of benzene rings is 2. The van der Waals surface area contributed by atoms with Crippen LogP contribution in [0.25, 0.3) is 0 Å². The van der Waals surface area contributed by atoms with Gasteiger partial charge in [-0.3, -0.25) is 19.7 Å². The van der Waals surface area contributed by atoms with Gasteiger partial charge in [0.1, 0.15) is 5.92 Å². The lowest BCUT2D eigenvalue weighted by Gasteiger charge is -2.27. The molecule has 0 spiro atoms. The maximum Gasteiger partial charge on any atom is 0.259 e. The predicted octanol–water partition coefficient (Wildman–Crippen LogP) is 2.78. The summed E-state index contributed by atoms with van der Waals surface area (Å²) in [5, 5.41) is 4.62. The van der Waals surface area contributed by atoms with E-state index >= 15 is 0 Å². The molecule has 0 aliphatic carbocycles. The predicted molar refractivity (Wildman–Crippen MR) is 89.4 cm³/mol. The SMILES string of the molecule is Cc1ccc([C@@H]2[C@H]3C(=O)NC(=O)[C@@H]3ON2c2ccc(Cl)cc2)cc1. The van der Waals surface area contributed by atoms with Crippen LogP contribution < -0.4 is 10.4 Å². The molecule has 2 fully saturated rings. The zero-order valence-corrected chi connectivity index (χ0v) is 13.7. The third kappa shape index (κ3) is 2.37. The van der Waals surface area contributed by atoms with E-state index in [2.05, 4.69) is 5.32 Å². The Labute approximate surface area is 144 Å². The Morgan fingerprint density at radius 1 is 1.00 bits per heavy atom. The van der Waals surface area contributed by atoms with Crippen molar-refractivity contribution in [3.63, 3.8) is 0 Å². The minimum absolute atomic E-state index is 0.299. The second-order valence-corrected chi connectivity index (χ2v) is 6.50. The first-order valence-electron chi connectivity index (χ1n) is 7.67. The molecule has 0 saturated carbocycles. The molecule has 2 saturated heterocycles. The van der Waals surface area contributed by atoms with Gasteiger partial charge in [0.05, 0.1) is 11.7 Å². The van der Waals surface area contributed by atoms with Gasteiger partial charge in [0.25, 0.3) is 5.91 Å². The van der Waals surface area contributed by atoms with E-state index in [1.807, 2.05) is 43.3 Å². The van der Waals surface area contributed by atoms with Crippen molar-refractivity contribution < 1.29 is 14.4 Å². The van der Waals surface area contributed by atoms with Gasteiger partial charge in [0, 0.05) is 5.02 Å². The Balaban J connectivity index is 1.79. The smallest absolute Gasteiger partial charge is 0.259 e. The largest absolute Gasteiger partial charge is 0.294 e. The van der Waals surface area contributed by atoms with Crippen molar-refractivity contribution in [1.29, 1.82) is 0 Å². The fourth-order valence-electron chi connectivity index (χ4n) is 3.25. The first-order chi connectivity index (χ1) is 11.5. The second kappa shape index (κ2) is 5.61. The van der Waals surface area contributed by atoms with Gasteiger partial charge in [-0.2, -0.15) is 0 Å². The summed E-state index contributed by atoms with van der Waals surface area (Å²) in [5.41, 5.74) is 2.80. The second-order valence-electron chi connectivity index (χ2n) is 6.06. The first kappa shape index (κ1) is 15.2. The number of anilines is 1. The van der Waals surface area contributed by atoms with Gasteiger partial charge in [0.15, 0.2) is 6.10 Å². The molecule has 0 aromatic heterocycles. The van der Waals surface area contributed by atoms with Crippen molar-refractivity contribution in [3.8, 4) is 0 Å². The van der Waals surface area contributed by atoms with E-state index in [1.54, 1.807) is 17.2 Å². The van der Waals surface area contributed by atoms with Crippen LogP contribution in [0, 0.1) is 12.8 Å². The zero-order chi connectivity index (χ0) is 16.8. The molecular weight excluding hydrogens is 328 g/mol. The highest BCUT2D eigenvalue weighted by Crippen LogP contribution is 2.44. The first-order valence-corrected chi connectivity index (χ1v) is 8.05. The lowest BCUT2D eigenvalue weighted by atomic mass is 9.90. The van der Waals surface area contributed by atoms with Gasteiger partial charge < -0.3 is 0 Å². The number of rotatable bonds is 2. The molecule has 122 valence electrons. The number of amides is 2. The van der Waals surface area contributed by atoms with Crippen molar-refractivity contribution in [2.45, 2.75) is 19.1 Å². The van der Waals surface area contributed by atoms with Gasteiger partial charge >= 0.3 is 0 Å². The van der Waals surface area contributed by atoms with Crippen molar-refractivity contribution >= 4 is 29.1 Å². The fourth-order valence-corrected chi connectivity index (χ4v) is 3.37. The average molecular weight is 343 g/mol. The maximum absolute atomic E-state index is 12.3. The lowest BCUT2D eigenvalue weighted by molar-refractivity contribution is -0.129. The molecule has 1 N–H and O–H groups in total. The summed E-state index contributed by atoms with van der Waals surface area (Å²) in [6, 6.07) is 14.7. The quantitative estimate of drug-likeness (QED) is 0.853. The molecule has 2 aliphatic rings. The molecule has 0 bridgehead atoms. The van der Waals surface area contributed by atoms with E-state index in [4.69, 9.17) is 16.4 Å². The molecule has 5 nitrogen and oxygen atoms in total. The van der Waals surface area contributed by atoms with Gasteiger partial charge in [-0.05, 0) is 36.8 Å². The zero-order valence-electron chi connectivity index (χ0n) is 12.9. The number of nitrogens with one attached hydrogen (secondary N) is 1. The van der Waals surface area contributed by atoms with Crippen LogP contribution in [0.4, 0.5) is 5.69 Å². The molecular formula is C18H15ClN2O3. The molecule has 2 heterocycles. The number of imide groups is 1. The Bertz CT molecular complexity index is 804. The Hall–Kier alpha value is -2.37. The summed E-state index contributed by atoms with van der Waals surface area (Å²) >= 11 is 5.95. The summed E-state index contributed by atoms with van der Waals surface area (Å²) < 4.78 is 0. The summed E-state index contributed by atoms with van der Waals surface area (Å²) in [4.78, 5) is 30.2. The highest BCUT2D eigenvalue weighted by Gasteiger charge is 2.56. The van der Waals surface area contributed by atoms with E-state index in [1.165, 1.54) is 0 Å². The van der Waals surface area contributed by atoms with Gasteiger partial charge in [-0.1, -0.05) is 41.4 Å². The summed E-state index contributed by atoms with van der Waals surface area (Å²) in [5.74, 6) is -1.26. The Kier molecular flexibility index (Phi) is 3.55. The molecule has 2 amide bonds. The standard InChI is InChI=1S/C18H15ClN2O3/c1-10-2-4-11(5-3-10)15-14-16(18(23)20-17(14)22)24-21(15)13-8-6-12(19)7-9-13/h2-9,14-16H,1H3,(H,20,22,23)/t14-,15-,16-/m1/s1. The molecule has 3 atom stereocenters. The van der Waals surface area contributed by atoms with Crippen LogP contribution in [0.5, 0.6) is 0 Å². The van der Waals surface area contributed by atoms with Crippen molar-refractivity contribution in [2.75, 3.05) is 5.06 Å². The normalized spacial score (nSPS) is 25.8. The highest BCUT2D eigenvalue weighted by molar-refractivity contribution is 6.30. The average Bonchev–Trinajstić information content (AvgIpc) is 3.08. The summed E-state index contributed by atoms with van der Waals surface area (Å²) in [6.07, 6.45) is -0.806. The third-order valence-electron chi connectivity index (χ3n) is 4.45. The van der Waals surface area contributed by atoms with E-state index in [0.717, 1.165) is 16.8 Å². The van der Waals surface area contributed by atoms with Crippen LogP contribution >= 0.6 is 11.6 Å². The van der Waals surface area contributed by atoms with Crippen LogP contribution in [0.15, 0.2) is 48.5 Å². The molecule has 24 heavy (non-hydrogen) atoms. The molecule has 6 heteroatoms. The molecule has 2 aromatic carbocycles. The van der Waals surface area contributed by atoms with Crippen LogP contribution in [0.1, 0.15) is 17.2 Å². The van der Waals surface area contributed by atoms with Gasteiger partial charge in [-0.25, -0.2) is 5.06 Å². The van der Waals surface area contributed by atoms with Crippen LogP contribution in [-0.2, 0) is 14.4 Å². The van der Waals surface area contributed by atoms with Gasteiger partial charge in [-0.15, -0.1) is 0 Å². The van der Waals surface area contributed by atoms with Crippen LogP contribution in [0.2, 0.25) is 5.02 Å². The van der Waals surface area contributed by atoms with Crippen molar-refractivity contribution in [2.24, 2.45) is 5.92 Å².